The maximum absolute atomic E-state index is 13.5. The highest BCUT2D eigenvalue weighted by atomic mass is 16.4. The molecule has 0 radical (unpaired) electrons. The van der Waals surface area contributed by atoms with Gasteiger partial charge < -0.3 is 48.2 Å². The summed E-state index contributed by atoms with van der Waals surface area (Å²) in [5.74, 6) is -3.23. The Kier molecular flexibility index (Phi) is 10.8. The van der Waals surface area contributed by atoms with Crippen LogP contribution in [0.5, 0.6) is 0 Å². The lowest BCUT2D eigenvalue weighted by atomic mass is 10.0. The van der Waals surface area contributed by atoms with Crippen LogP contribution in [-0.2, 0) is 32.0 Å². The second kappa shape index (κ2) is 14.9. The molecule has 0 fully saturated rings. The van der Waals surface area contributed by atoms with Crippen LogP contribution in [0.3, 0.4) is 0 Å². The number of aliphatic imine (C=N–C) groups is 1. The number of nitrogens with one attached hydrogen (secondary N) is 5. The minimum Gasteiger partial charge on any atom is -0.480 e. The van der Waals surface area contributed by atoms with Crippen molar-refractivity contribution in [3.05, 3.63) is 72.1 Å². The molecule has 12 N–H and O–H groups in total. The van der Waals surface area contributed by atoms with Crippen molar-refractivity contribution in [2.24, 2.45) is 22.2 Å². The summed E-state index contributed by atoms with van der Waals surface area (Å²) in [6.45, 7) is 1.67. The van der Waals surface area contributed by atoms with Gasteiger partial charge in [0.25, 0.3) is 0 Å². The molecule has 2 aromatic heterocycles. The lowest BCUT2D eigenvalue weighted by molar-refractivity contribution is -0.142. The summed E-state index contributed by atoms with van der Waals surface area (Å²) in [6.07, 6.45) is 4.20. The molecule has 0 spiro atoms. The van der Waals surface area contributed by atoms with Crippen molar-refractivity contribution in [1.82, 2.24) is 25.9 Å². The second-order valence-electron chi connectivity index (χ2n) is 10.9. The fraction of sp³-hybridized carbons (Fsp3) is 0.323. The molecule has 0 aliphatic carbocycles. The third-order valence-electron chi connectivity index (χ3n) is 7.50. The SMILES string of the molecule is CC(NC(=O)C(N)Cc1c[nH]c2ccccc12)C(=O)NC(Cc1c[nH]c2ccccc12)C(=O)NC(CCCN=C(N)N)C(=O)O. The lowest BCUT2D eigenvalue weighted by Gasteiger charge is -2.24. The molecular formula is C31H39N9O5. The van der Waals surface area contributed by atoms with Crippen LogP contribution < -0.4 is 33.2 Å². The molecule has 2 aromatic carbocycles. The number of hydrogen-bond acceptors (Lipinski definition) is 6. The number of H-pyrrole nitrogens is 2. The van der Waals surface area contributed by atoms with E-state index in [0.29, 0.717) is 6.42 Å². The summed E-state index contributed by atoms with van der Waals surface area (Å²) in [6, 6.07) is 10.7. The van der Waals surface area contributed by atoms with E-state index >= 15 is 0 Å². The normalized spacial score (nSPS) is 13.8. The van der Waals surface area contributed by atoms with Crippen LogP contribution in [-0.4, -0.2) is 75.4 Å². The van der Waals surface area contributed by atoms with Gasteiger partial charge in [0.15, 0.2) is 5.96 Å². The first-order valence-corrected chi connectivity index (χ1v) is 14.6. The summed E-state index contributed by atoms with van der Waals surface area (Å²) in [5.41, 5.74) is 20.2. The van der Waals surface area contributed by atoms with Crippen LogP contribution in [0.4, 0.5) is 0 Å². The van der Waals surface area contributed by atoms with Gasteiger partial charge in [-0.2, -0.15) is 0 Å². The number of nitrogens with two attached hydrogens (primary N) is 3. The van der Waals surface area contributed by atoms with Crippen molar-refractivity contribution in [3.8, 4) is 0 Å². The summed E-state index contributed by atoms with van der Waals surface area (Å²) in [5, 5.41) is 19.4. The Bertz CT molecular complexity index is 1690. The number of carboxylic acids is 1. The van der Waals surface area contributed by atoms with Gasteiger partial charge in [-0.05, 0) is 49.4 Å². The highest BCUT2D eigenvalue weighted by Crippen LogP contribution is 2.20. The van der Waals surface area contributed by atoms with Crippen molar-refractivity contribution >= 4 is 51.5 Å². The van der Waals surface area contributed by atoms with Gasteiger partial charge in [0, 0.05) is 47.2 Å². The molecule has 0 aliphatic rings. The lowest BCUT2D eigenvalue weighted by Crippen LogP contribution is -2.57. The average molecular weight is 618 g/mol. The smallest absolute Gasteiger partial charge is 0.326 e. The van der Waals surface area contributed by atoms with Crippen molar-refractivity contribution in [3.63, 3.8) is 0 Å². The predicted octanol–water partition coefficient (Wildman–Crippen LogP) is 0.374. The Balaban J connectivity index is 1.44. The number of fused-ring (bicyclic) bond motifs is 2. The molecule has 4 unspecified atom stereocenters. The van der Waals surface area contributed by atoms with E-state index in [9.17, 15) is 24.3 Å². The number of amides is 3. The zero-order valence-corrected chi connectivity index (χ0v) is 24.9. The van der Waals surface area contributed by atoms with Gasteiger partial charge in [-0.1, -0.05) is 36.4 Å². The first kappa shape index (κ1) is 32.5. The largest absolute Gasteiger partial charge is 0.480 e. The number of aliphatic carboxylic acids is 1. The zero-order chi connectivity index (χ0) is 32.5. The van der Waals surface area contributed by atoms with E-state index in [1.807, 2.05) is 48.5 Å². The van der Waals surface area contributed by atoms with Crippen LogP contribution >= 0.6 is 0 Å². The van der Waals surface area contributed by atoms with Gasteiger partial charge in [0.1, 0.15) is 18.1 Å². The molecule has 2 heterocycles. The molecule has 4 atom stereocenters. The topological polar surface area (TPSA) is 247 Å². The van der Waals surface area contributed by atoms with E-state index in [1.165, 1.54) is 6.92 Å². The standard InChI is InChI=1S/C31H39N9O5/c1-17(38-28(42)22(32)13-18-15-36-23-9-4-2-7-20(18)23)27(41)40-26(14-19-16-37-24-10-5-3-8-21(19)24)29(43)39-25(30(44)45)11-6-12-35-31(33)34/h2-5,7-10,15-17,22,25-26,36-37H,6,11-14,32H2,1H3,(H,38,42)(H,39,43)(H,40,41)(H,44,45)(H4,33,34,35). The molecule has 238 valence electrons. The molecule has 0 bridgehead atoms. The quantitative estimate of drug-likeness (QED) is 0.0511. The Morgan fingerprint density at radius 3 is 1.93 bits per heavy atom. The number of benzene rings is 2. The number of hydrogen-bond donors (Lipinski definition) is 9. The molecule has 4 rings (SSSR count). The minimum absolute atomic E-state index is 0.0582. The number of para-hydroxylation sites is 2. The van der Waals surface area contributed by atoms with Crippen LogP contribution in [0.15, 0.2) is 65.9 Å². The maximum Gasteiger partial charge on any atom is 0.326 e. The number of nitrogens with zero attached hydrogens (tertiary/aromatic N) is 1. The maximum atomic E-state index is 13.5. The van der Waals surface area contributed by atoms with Crippen LogP contribution in [0.25, 0.3) is 21.8 Å². The predicted molar refractivity (Wildman–Crippen MR) is 171 cm³/mol. The van der Waals surface area contributed by atoms with Gasteiger partial charge in [-0.15, -0.1) is 0 Å². The number of aromatic nitrogens is 2. The Labute approximate surface area is 259 Å². The summed E-state index contributed by atoms with van der Waals surface area (Å²) < 4.78 is 0. The first-order chi connectivity index (χ1) is 21.5. The Morgan fingerprint density at radius 2 is 1.36 bits per heavy atom. The summed E-state index contributed by atoms with van der Waals surface area (Å²) in [7, 11) is 0. The summed E-state index contributed by atoms with van der Waals surface area (Å²) >= 11 is 0. The fourth-order valence-electron chi connectivity index (χ4n) is 5.08. The van der Waals surface area contributed by atoms with Crippen LogP contribution in [0.1, 0.15) is 30.9 Å². The van der Waals surface area contributed by atoms with Gasteiger partial charge in [0.2, 0.25) is 17.7 Å². The molecule has 45 heavy (non-hydrogen) atoms. The third kappa shape index (κ3) is 8.60. The molecule has 3 amide bonds. The number of guanidine groups is 1. The van der Waals surface area contributed by atoms with Crippen LogP contribution in [0.2, 0.25) is 0 Å². The second-order valence-corrected chi connectivity index (χ2v) is 10.9. The molecule has 14 nitrogen and oxygen atoms in total. The van der Waals surface area contributed by atoms with Gasteiger partial charge >= 0.3 is 5.97 Å². The van der Waals surface area contributed by atoms with E-state index in [1.54, 1.807) is 12.4 Å². The Hall–Kier alpha value is -5.37. The van der Waals surface area contributed by atoms with E-state index in [-0.39, 0.29) is 31.8 Å². The molecule has 4 aromatic rings. The van der Waals surface area contributed by atoms with Gasteiger partial charge in [-0.3, -0.25) is 19.4 Å². The fourth-order valence-corrected chi connectivity index (χ4v) is 5.08. The van der Waals surface area contributed by atoms with Crippen LogP contribution in [0, 0.1) is 0 Å². The minimum atomic E-state index is -1.24. The first-order valence-electron chi connectivity index (χ1n) is 14.6. The Morgan fingerprint density at radius 1 is 0.800 bits per heavy atom. The number of rotatable bonds is 15. The van der Waals surface area contributed by atoms with Crippen molar-refractivity contribution < 1.29 is 24.3 Å². The molecule has 0 saturated heterocycles. The average Bonchev–Trinajstić information content (AvgIpc) is 3.61. The monoisotopic (exact) mass is 617 g/mol. The van der Waals surface area contributed by atoms with Crippen molar-refractivity contribution in [2.45, 2.75) is 56.8 Å². The number of aromatic amines is 2. The number of carbonyl (C=O) groups is 4. The summed E-state index contributed by atoms with van der Waals surface area (Å²) in [4.78, 5) is 61.7. The van der Waals surface area contributed by atoms with E-state index in [2.05, 4.69) is 30.9 Å². The third-order valence-corrected chi connectivity index (χ3v) is 7.50. The van der Waals surface area contributed by atoms with E-state index in [4.69, 9.17) is 17.2 Å². The van der Waals surface area contributed by atoms with Crippen molar-refractivity contribution in [2.75, 3.05) is 6.54 Å². The van der Waals surface area contributed by atoms with E-state index in [0.717, 1.165) is 32.9 Å². The molecule has 0 aliphatic heterocycles. The molecule has 0 saturated carbocycles. The van der Waals surface area contributed by atoms with Crippen molar-refractivity contribution in [1.29, 1.82) is 0 Å². The van der Waals surface area contributed by atoms with Gasteiger partial charge in [-0.25, -0.2) is 4.79 Å². The zero-order valence-electron chi connectivity index (χ0n) is 24.9. The molecule has 14 heteroatoms. The van der Waals surface area contributed by atoms with Gasteiger partial charge in [0.05, 0.1) is 6.04 Å². The van der Waals surface area contributed by atoms with E-state index < -0.39 is 47.9 Å². The molecular weight excluding hydrogens is 578 g/mol. The highest BCUT2D eigenvalue weighted by molar-refractivity contribution is 5.95. The number of carboxylic acid groups (broad SMARTS) is 1. The number of carbonyl (C=O) groups excluding carboxylic acids is 3. The highest BCUT2D eigenvalue weighted by Gasteiger charge is 2.29.